The number of ether oxygens (including phenoxy) is 1. The molecule has 2 amide bonds. The van der Waals surface area contributed by atoms with Gasteiger partial charge in [0, 0.05) is 15.8 Å². The lowest BCUT2D eigenvalue weighted by atomic mass is 10.2. The number of carbonyl (C=O) groups excluding carboxylic acids is 2. The minimum absolute atomic E-state index is 0.108. The molecule has 0 aliphatic heterocycles. The van der Waals surface area contributed by atoms with Crippen LogP contribution >= 0.6 is 15.9 Å². The zero-order valence-electron chi connectivity index (χ0n) is 15.0. The largest absolute Gasteiger partial charge is 0.497 e. The molecule has 0 saturated carbocycles. The normalized spacial score (nSPS) is 10.5. The van der Waals surface area contributed by atoms with Gasteiger partial charge < -0.3 is 15.4 Å². The van der Waals surface area contributed by atoms with Crippen LogP contribution in [0.25, 0.3) is 0 Å². The molecule has 0 aliphatic carbocycles. The molecule has 26 heavy (non-hydrogen) atoms. The fraction of sp³-hybridized carbons (Fsp3) is 0.263. The van der Waals surface area contributed by atoms with Crippen molar-refractivity contribution in [1.29, 1.82) is 0 Å². The summed E-state index contributed by atoms with van der Waals surface area (Å²) in [6, 6.07) is 12.7. The number of aryl methyl sites for hydroxylation is 1. The van der Waals surface area contributed by atoms with Crippen LogP contribution in [0.2, 0.25) is 0 Å². The van der Waals surface area contributed by atoms with Crippen LogP contribution in [-0.2, 0) is 9.59 Å². The summed E-state index contributed by atoms with van der Waals surface area (Å²) in [6.07, 6.45) is 0. The Balaban J connectivity index is 1.80. The van der Waals surface area contributed by atoms with Crippen molar-refractivity contribution >= 4 is 39.1 Å². The van der Waals surface area contributed by atoms with Gasteiger partial charge in [0.2, 0.25) is 11.8 Å². The first-order valence-electron chi connectivity index (χ1n) is 8.06. The highest BCUT2D eigenvalue weighted by Gasteiger charge is 2.11. The molecule has 7 heteroatoms. The third-order valence-electron chi connectivity index (χ3n) is 3.66. The van der Waals surface area contributed by atoms with Crippen molar-refractivity contribution in [1.82, 2.24) is 4.90 Å². The number of carbonyl (C=O) groups is 2. The number of amides is 2. The SMILES string of the molecule is COc1ccc(NC(=O)CN(C)CC(=O)Nc2ccc(C)c(Br)c2)cc1. The van der Waals surface area contributed by atoms with Crippen molar-refractivity contribution in [2.75, 3.05) is 37.9 Å². The lowest BCUT2D eigenvalue weighted by Crippen LogP contribution is -2.36. The molecule has 2 N–H and O–H groups in total. The molecule has 6 nitrogen and oxygen atoms in total. The van der Waals surface area contributed by atoms with E-state index in [-0.39, 0.29) is 24.9 Å². The van der Waals surface area contributed by atoms with Crippen LogP contribution in [0.4, 0.5) is 11.4 Å². The number of halogens is 1. The van der Waals surface area contributed by atoms with Crippen LogP contribution in [-0.4, -0.2) is 44.0 Å². The molecule has 0 atom stereocenters. The molecule has 0 heterocycles. The number of hydrogen-bond donors (Lipinski definition) is 2. The van der Waals surface area contributed by atoms with Crippen molar-refractivity contribution in [3.63, 3.8) is 0 Å². The Kier molecular flexibility index (Phi) is 7.17. The third kappa shape index (κ3) is 6.16. The maximum Gasteiger partial charge on any atom is 0.238 e. The van der Waals surface area contributed by atoms with Crippen LogP contribution in [0, 0.1) is 6.92 Å². The molecule has 0 aliphatic rings. The standard InChI is InChI=1S/C19H22BrN3O3/c1-13-4-5-15(10-17(13)20)22-19(25)12-23(2)11-18(24)21-14-6-8-16(26-3)9-7-14/h4-10H,11-12H2,1-3H3,(H,21,24)(H,22,25). The van der Waals surface area contributed by atoms with E-state index >= 15 is 0 Å². The first-order valence-corrected chi connectivity index (χ1v) is 8.85. The minimum Gasteiger partial charge on any atom is -0.497 e. The second-order valence-corrected chi connectivity index (χ2v) is 6.82. The second kappa shape index (κ2) is 9.35. The average Bonchev–Trinajstić information content (AvgIpc) is 2.58. The minimum atomic E-state index is -0.191. The van der Waals surface area contributed by atoms with E-state index in [1.807, 2.05) is 25.1 Å². The van der Waals surface area contributed by atoms with Gasteiger partial charge >= 0.3 is 0 Å². The summed E-state index contributed by atoms with van der Waals surface area (Å²) in [6.45, 7) is 2.20. The van der Waals surface area contributed by atoms with E-state index in [9.17, 15) is 9.59 Å². The number of anilines is 2. The summed E-state index contributed by atoms with van der Waals surface area (Å²) in [7, 11) is 3.31. The van der Waals surface area contributed by atoms with Crippen molar-refractivity contribution < 1.29 is 14.3 Å². The Labute approximate surface area is 161 Å². The van der Waals surface area contributed by atoms with E-state index in [1.165, 1.54) is 0 Å². The lowest BCUT2D eigenvalue weighted by Gasteiger charge is -2.16. The van der Waals surface area contributed by atoms with Gasteiger partial charge in [-0.05, 0) is 55.9 Å². The van der Waals surface area contributed by atoms with E-state index in [1.54, 1.807) is 43.3 Å². The van der Waals surface area contributed by atoms with E-state index in [2.05, 4.69) is 26.6 Å². The predicted molar refractivity (Wildman–Crippen MR) is 107 cm³/mol. The molecule has 138 valence electrons. The third-order valence-corrected chi connectivity index (χ3v) is 4.51. The van der Waals surface area contributed by atoms with Crippen molar-refractivity contribution in [3.8, 4) is 5.75 Å². The quantitative estimate of drug-likeness (QED) is 0.722. The molecule has 0 bridgehead atoms. The highest BCUT2D eigenvalue weighted by Crippen LogP contribution is 2.20. The van der Waals surface area contributed by atoms with Gasteiger partial charge in [-0.25, -0.2) is 0 Å². The smallest absolute Gasteiger partial charge is 0.238 e. The monoisotopic (exact) mass is 419 g/mol. The Hall–Kier alpha value is -2.38. The van der Waals surface area contributed by atoms with E-state index in [4.69, 9.17) is 4.74 Å². The second-order valence-electron chi connectivity index (χ2n) is 5.96. The zero-order chi connectivity index (χ0) is 19.1. The fourth-order valence-electron chi connectivity index (χ4n) is 2.29. The Morgan fingerprint density at radius 3 is 2.08 bits per heavy atom. The lowest BCUT2D eigenvalue weighted by molar-refractivity contribution is -0.119. The molecule has 0 spiro atoms. The highest BCUT2D eigenvalue weighted by atomic mass is 79.9. The first kappa shape index (κ1) is 19.9. The number of benzene rings is 2. The highest BCUT2D eigenvalue weighted by molar-refractivity contribution is 9.10. The van der Waals surface area contributed by atoms with Crippen LogP contribution in [0.15, 0.2) is 46.9 Å². The number of rotatable bonds is 7. The van der Waals surface area contributed by atoms with Crippen LogP contribution in [0.1, 0.15) is 5.56 Å². The fourth-order valence-corrected chi connectivity index (χ4v) is 2.67. The molecule has 2 aromatic rings. The Morgan fingerprint density at radius 1 is 1.00 bits per heavy atom. The number of nitrogens with zero attached hydrogens (tertiary/aromatic N) is 1. The average molecular weight is 420 g/mol. The number of hydrogen-bond acceptors (Lipinski definition) is 4. The molecule has 0 aromatic heterocycles. The van der Waals surface area contributed by atoms with Gasteiger partial charge in [0.25, 0.3) is 0 Å². The van der Waals surface area contributed by atoms with Crippen LogP contribution in [0.3, 0.4) is 0 Å². The van der Waals surface area contributed by atoms with Crippen LogP contribution in [0.5, 0.6) is 5.75 Å². The van der Waals surface area contributed by atoms with Gasteiger partial charge in [0.1, 0.15) is 5.75 Å². The molecule has 2 aromatic carbocycles. The van der Waals surface area contributed by atoms with E-state index in [0.717, 1.165) is 15.8 Å². The number of methoxy groups -OCH3 is 1. The maximum absolute atomic E-state index is 12.1. The molecule has 0 unspecified atom stereocenters. The van der Waals surface area contributed by atoms with Gasteiger partial charge in [0.15, 0.2) is 0 Å². The molecule has 2 rings (SSSR count). The summed E-state index contributed by atoms with van der Waals surface area (Å²) >= 11 is 3.44. The molecular weight excluding hydrogens is 398 g/mol. The van der Waals surface area contributed by atoms with E-state index < -0.39 is 0 Å². The van der Waals surface area contributed by atoms with Crippen molar-refractivity contribution in [2.24, 2.45) is 0 Å². The van der Waals surface area contributed by atoms with E-state index in [0.29, 0.717) is 11.4 Å². The summed E-state index contributed by atoms with van der Waals surface area (Å²) < 4.78 is 6.01. The first-order chi connectivity index (χ1) is 12.4. The Bertz CT molecular complexity index is 778. The van der Waals surface area contributed by atoms with Crippen molar-refractivity contribution in [3.05, 3.63) is 52.5 Å². The van der Waals surface area contributed by atoms with Gasteiger partial charge in [-0.3, -0.25) is 14.5 Å². The predicted octanol–water partition coefficient (Wildman–Crippen LogP) is 3.28. The van der Waals surface area contributed by atoms with Gasteiger partial charge in [-0.1, -0.05) is 22.0 Å². The number of nitrogens with one attached hydrogen (secondary N) is 2. The van der Waals surface area contributed by atoms with Gasteiger partial charge in [0.05, 0.1) is 20.2 Å². The summed E-state index contributed by atoms with van der Waals surface area (Å²) in [5.41, 5.74) is 2.48. The molecule has 0 fully saturated rings. The van der Waals surface area contributed by atoms with Gasteiger partial charge in [-0.2, -0.15) is 0 Å². The maximum atomic E-state index is 12.1. The summed E-state index contributed by atoms with van der Waals surface area (Å²) in [4.78, 5) is 25.8. The summed E-state index contributed by atoms with van der Waals surface area (Å²) in [5.74, 6) is 0.351. The topological polar surface area (TPSA) is 70.7 Å². The molecule has 0 radical (unpaired) electrons. The zero-order valence-corrected chi connectivity index (χ0v) is 16.6. The van der Waals surface area contributed by atoms with Crippen molar-refractivity contribution in [2.45, 2.75) is 6.92 Å². The van der Waals surface area contributed by atoms with Crippen LogP contribution < -0.4 is 15.4 Å². The van der Waals surface area contributed by atoms with Gasteiger partial charge in [-0.15, -0.1) is 0 Å². The number of likely N-dealkylation sites (N-methyl/N-ethyl adjacent to an activating group) is 1. The molecular formula is C19H22BrN3O3. The molecule has 0 saturated heterocycles. The summed E-state index contributed by atoms with van der Waals surface area (Å²) in [5, 5.41) is 5.61. The Morgan fingerprint density at radius 2 is 1.54 bits per heavy atom.